The van der Waals surface area contributed by atoms with E-state index < -0.39 is 5.97 Å². The summed E-state index contributed by atoms with van der Waals surface area (Å²) in [5.41, 5.74) is 1.38. The van der Waals surface area contributed by atoms with Gasteiger partial charge in [0.1, 0.15) is 17.4 Å². The lowest BCUT2D eigenvalue weighted by molar-refractivity contribution is -0.144. The first kappa shape index (κ1) is 23.1. The van der Waals surface area contributed by atoms with Crippen LogP contribution in [0.1, 0.15) is 16.4 Å². The molecule has 34 heavy (non-hydrogen) atoms. The number of methoxy groups -OCH3 is 1. The summed E-state index contributed by atoms with van der Waals surface area (Å²) in [6.07, 6.45) is 0.0115. The van der Waals surface area contributed by atoms with Gasteiger partial charge < -0.3 is 14.8 Å². The van der Waals surface area contributed by atoms with E-state index in [1.165, 1.54) is 23.1 Å². The van der Waals surface area contributed by atoms with Gasteiger partial charge in [-0.05, 0) is 18.2 Å². The lowest BCUT2D eigenvalue weighted by Gasteiger charge is -2.09. The Balaban J connectivity index is 1.34. The van der Waals surface area contributed by atoms with Crippen molar-refractivity contribution in [2.24, 2.45) is 7.05 Å². The summed E-state index contributed by atoms with van der Waals surface area (Å²) in [5, 5.41) is 10.5. The van der Waals surface area contributed by atoms with E-state index in [4.69, 9.17) is 9.47 Å². The highest BCUT2D eigenvalue weighted by molar-refractivity contribution is 7.09. The van der Waals surface area contributed by atoms with E-state index in [0.717, 1.165) is 0 Å². The number of nitrogens with one attached hydrogen (secondary N) is 1. The normalized spacial score (nSPS) is 10.8. The summed E-state index contributed by atoms with van der Waals surface area (Å²) >= 11 is 1.31. The van der Waals surface area contributed by atoms with E-state index in [1.807, 2.05) is 6.07 Å². The second-order valence-electron chi connectivity index (χ2n) is 7.42. The number of amides is 1. The number of ether oxygens (including phenoxy) is 2. The molecule has 1 N–H and O–H groups in total. The minimum absolute atomic E-state index is 0.0207. The molecular weight excluding hydrogens is 456 g/mol. The Bertz CT molecular complexity index is 1410. The number of carbonyl (C=O) groups excluding carboxylic acids is 2. The maximum atomic E-state index is 12.4. The molecular formula is C24H22N4O5S. The van der Waals surface area contributed by atoms with Gasteiger partial charge in [-0.3, -0.25) is 14.4 Å². The van der Waals surface area contributed by atoms with Crippen molar-refractivity contribution in [3.63, 3.8) is 0 Å². The number of thiazole rings is 1. The van der Waals surface area contributed by atoms with Crippen LogP contribution in [0.25, 0.3) is 10.8 Å². The number of hydrogen-bond acceptors (Lipinski definition) is 8. The molecule has 0 fully saturated rings. The molecule has 10 heteroatoms. The van der Waals surface area contributed by atoms with Gasteiger partial charge in [-0.15, -0.1) is 11.3 Å². The molecule has 4 rings (SSSR count). The van der Waals surface area contributed by atoms with E-state index in [9.17, 15) is 14.4 Å². The number of para-hydroxylation sites is 2. The van der Waals surface area contributed by atoms with Crippen molar-refractivity contribution < 1.29 is 19.1 Å². The first-order chi connectivity index (χ1) is 16.4. The molecule has 2 heterocycles. The molecule has 0 aliphatic rings. The Morgan fingerprint density at radius 3 is 2.59 bits per heavy atom. The molecule has 0 aliphatic heterocycles. The molecule has 0 saturated carbocycles. The lowest BCUT2D eigenvalue weighted by Crippen LogP contribution is -2.22. The smallest absolute Gasteiger partial charge is 0.312 e. The number of aryl methyl sites for hydroxylation is 1. The van der Waals surface area contributed by atoms with Crippen LogP contribution < -0.4 is 15.6 Å². The highest BCUT2D eigenvalue weighted by atomic mass is 32.1. The van der Waals surface area contributed by atoms with Crippen LogP contribution in [-0.4, -0.2) is 33.8 Å². The quantitative estimate of drug-likeness (QED) is 0.388. The van der Waals surface area contributed by atoms with Crippen molar-refractivity contribution in [2.75, 3.05) is 12.4 Å². The molecule has 0 aliphatic carbocycles. The van der Waals surface area contributed by atoms with Crippen LogP contribution in [0.3, 0.4) is 0 Å². The highest BCUT2D eigenvalue weighted by Gasteiger charge is 2.15. The molecule has 4 aromatic rings. The second-order valence-corrected chi connectivity index (χ2v) is 8.36. The summed E-state index contributed by atoms with van der Waals surface area (Å²) in [7, 11) is 3.08. The third-order valence-electron chi connectivity index (χ3n) is 5.02. The SMILES string of the molecule is COc1ccccc1NC(=O)Cc1nc(COC(=O)Cc2nn(C)c(=O)c3ccccc23)cs1. The zero-order chi connectivity index (χ0) is 24.1. The molecule has 0 spiro atoms. The molecule has 0 unspecified atom stereocenters. The number of rotatable bonds is 8. The number of esters is 1. The summed E-state index contributed by atoms with van der Waals surface area (Å²) in [6.45, 7) is -0.0207. The van der Waals surface area contributed by atoms with Gasteiger partial charge in [0, 0.05) is 17.8 Å². The molecule has 9 nitrogen and oxygen atoms in total. The van der Waals surface area contributed by atoms with Crippen LogP contribution in [0.5, 0.6) is 5.75 Å². The number of anilines is 1. The van der Waals surface area contributed by atoms with Crippen molar-refractivity contribution in [2.45, 2.75) is 19.4 Å². The number of benzene rings is 2. The Labute approximate surface area is 199 Å². The van der Waals surface area contributed by atoms with Crippen molar-refractivity contribution >= 4 is 39.7 Å². The lowest BCUT2D eigenvalue weighted by atomic mass is 10.1. The van der Waals surface area contributed by atoms with E-state index in [-0.39, 0.29) is 30.9 Å². The molecule has 2 aromatic carbocycles. The van der Waals surface area contributed by atoms with E-state index in [1.54, 1.807) is 54.9 Å². The standard InChI is InChI=1S/C24H22N4O5S/c1-28-24(31)17-8-4-3-7-16(17)19(27-28)11-23(30)33-13-15-14-34-22(25-15)12-21(29)26-18-9-5-6-10-20(18)32-2/h3-10,14H,11-13H2,1-2H3,(H,26,29). The molecule has 0 atom stereocenters. The van der Waals surface area contributed by atoms with Gasteiger partial charge in [-0.25, -0.2) is 9.67 Å². The summed E-state index contributed by atoms with van der Waals surface area (Å²) in [4.78, 5) is 41.4. The van der Waals surface area contributed by atoms with Crippen molar-refractivity contribution in [3.8, 4) is 5.75 Å². The molecule has 174 valence electrons. The average Bonchev–Trinajstić information content (AvgIpc) is 3.28. The van der Waals surface area contributed by atoms with Crippen LogP contribution in [0.15, 0.2) is 58.7 Å². The van der Waals surface area contributed by atoms with Gasteiger partial charge in [0.25, 0.3) is 5.56 Å². The van der Waals surface area contributed by atoms with Crippen LogP contribution in [0, 0.1) is 0 Å². The van der Waals surface area contributed by atoms with Gasteiger partial charge in [0.2, 0.25) is 5.91 Å². The van der Waals surface area contributed by atoms with Crippen LogP contribution in [0.2, 0.25) is 0 Å². The number of aromatic nitrogens is 3. The number of fused-ring (bicyclic) bond motifs is 1. The van der Waals surface area contributed by atoms with Crippen LogP contribution in [0.4, 0.5) is 5.69 Å². The Morgan fingerprint density at radius 1 is 1.06 bits per heavy atom. The molecule has 0 saturated heterocycles. The van der Waals surface area contributed by atoms with E-state index in [2.05, 4.69) is 15.4 Å². The third kappa shape index (κ3) is 5.29. The fourth-order valence-electron chi connectivity index (χ4n) is 3.42. The second kappa shape index (κ2) is 10.3. The Morgan fingerprint density at radius 2 is 1.79 bits per heavy atom. The Kier molecular flexibility index (Phi) is 6.98. The maximum Gasteiger partial charge on any atom is 0.312 e. The fourth-order valence-corrected chi connectivity index (χ4v) is 4.20. The van der Waals surface area contributed by atoms with Gasteiger partial charge >= 0.3 is 5.97 Å². The summed E-state index contributed by atoms with van der Waals surface area (Å²) in [5.74, 6) is -0.141. The van der Waals surface area contributed by atoms with E-state index in [0.29, 0.717) is 38.6 Å². The van der Waals surface area contributed by atoms with Gasteiger partial charge in [0.05, 0.1) is 42.4 Å². The minimum atomic E-state index is -0.486. The molecule has 1 amide bonds. The molecule has 2 aromatic heterocycles. The number of carbonyl (C=O) groups is 2. The maximum absolute atomic E-state index is 12.4. The number of nitrogens with zero attached hydrogens (tertiary/aromatic N) is 3. The largest absolute Gasteiger partial charge is 0.495 e. The highest BCUT2D eigenvalue weighted by Crippen LogP contribution is 2.23. The molecule has 0 radical (unpaired) electrons. The van der Waals surface area contributed by atoms with Crippen LogP contribution >= 0.6 is 11.3 Å². The summed E-state index contributed by atoms with van der Waals surface area (Å²) < 4.78 is 11.8. The van der Waals surface area contributed by atoms with Gasteiger partial charge in [0.15, 0.2) is 0 Å². The van der Waals surface area contributed by atoms with Crippen LogP contribution in [-0.2, 0) is 40.8 Å². The summed E-state index contributed by atoms with van der Waals surface area (Å²) in [6, 6.07) is 14.2. The third-order valence-corrected chi connectivity index (χ3v) is 5.92. The van der Waals surface area contributed by atoms with Crippen molar-refractivity contribution in [1.29, 1.82) is 0 Å². The zero-order valence-corrected chi connectivity index (χ0v) is 19.4. The predicted octanol–water partition coefficient (Wildman–Crippen LogP) is 2.87. The van der Waals surface area contributed by atoms with Gasteiger partial charge in [-0.2, -0.15) is 5.10 Å². The predicted molar refractivity (Wildman–Crippen MR) is 128 cm³/mol. The zero-order valence-electron chi connectivity index (χ0n) is 18.6. The first-order valence-electron chi connectivity index (χ1n) is 10.4. The van der Waals surface area contributed by atoms with E-state index >= 15 is 0 Å². The Hall–Kier alpha value is -4.05. The number of hydrogen-bond donors (Lipinski definition) is 1. The topological polar surface area (TPSA) is 112 Å². The average molecular weight is 479 g/mol. The molecule has 0 bridgehead atoms. The van der Waals surface area contributed by atoms with Crippen molar-refractivity contribution in [1.82, 2.24) is 14.8 Å². The minimum Gasteiger partial charge on any atom is -0.495 e. The first-order valence-corrected chi connectivity index (χ1v) is 11.3. The van der Waals surface area contributed by atoms with Gasteiger partial charge in [-0.1, -0.05) is 30.3 Å². The van der Waals surface area contributed by atoms with Crippen molar-refractivity contribution in [3.05, 3.63) is 80.7 Å². The fraction of sp³-hybridized carbons (Fsp3) is 0.208. The monoisotopic (exact) mass is 478 g/mol.